The molecule has 0 saturated heterocycles. The fraction of sp³-hybridized carbons (Fsp3) is 0.471. The number of nitrogens with zero attached hydrogens (tertiary/aromatic N) is 1. The summed E-state index contributed by atoms with van der Waals surface area (Å²) in [5.74, 6) is 0.0169. The normalized spacial score (nSPS) is 15.4. The second kappa shape index (κ2) is 7.19. The van der Waals surface area contributed by atoms with Crippen LogP contribution in [0.15, 0.2) is 18.7 Å². The van der Waals surface area contributed by atoms with E-state index in [9.17, 15) is 4.79 Å². The van der Waals surface area contributed by atoms with Crippen molar-refractivity contribution in [3.8, 4) is 0 Å². The summed E-state index contributed by atoms with van der Waals surface area (Å²) in [6.07, 6.45) is 2.90. The summed E-state index contributed by atoms with van der Waals surface area (Å²) in [5.41, 5.74) is 1.93. The van der Waals surface area contributed by atoms with Gasteiger partial charge in [-0.1, -0.05) is 18.3 Å². The second-order valence-electron chi connectivity index (χ2n) is 5.98. The molecule has 23 heavy (non-hydrogen) atoms. The molecule has 0 spiro atoms. The lowest BCUT2D eigenvalue weighted by Crippen LogP contribution is -2.33. The van der Waals surface area contributed by atoms with Crippen molar-refractivity contribution >= 4 is 29.0 Å². The fourth-order valence-electron chi connectivity index (χ4n) is 2.37. The number of hydrogen-bond acceptors (Lipinski definition) is 5. The van der Waals surface area contributed by atoms with Gasteiger partial charge in [-0.3, -0.25) is 0 Å². The Hall–Kier alpha value is -1.79. The first-order valence-corrected chi connectivity index (χ1v) is 8.01. The average Bonchev–Trinajstić information content (AvgIpc) is 2.46. The molecule has 5 nitrogen and oxygen atoms in total. The van der Waals surface area contributed by atoms with Crippen LogP contribution in [0.2, 0.25) is 0 Å². The Morgan fingerprint density at radius 3 is 3.00 bits per heavy atom. The van der Waals surface area contributed by atoms with Gasteiger partial charge >= 0.3 is 5.97 Å². The van der Waals surface area contributed by atoms with E-state index in [-0.39, 0.29) is 5.60 Å². The first kappa shape index (κ1) is 17.6. The Morgan fingerprint density at radius 1 is 1.61 bits per heavy atom. The van der Waals surface area contributed by atoms with Crippen LogP contribution in [0.25, 0.3) is 0 Å². The maximum Gasteiger partial charge on any atom is 0.341 e. The predicted octanol–water partition coefficient (Wildman–Crippen LogP) is 3.43. The van der Waals surface area contributed by atoms with Crippen molar-refractivity contribution in [1.29, 1.82) is 0 Å². The molecule has 0 bridgehead atoms. The van der Waals surface area contributed by atoms with Crippen LogP contribution in [0.3, 0.4) is 0 Å². The molecule has 0 aromatic carbocycles. The molecule has 1 aliphatic rings. The van der Waals surface area contributed by atoms with Crippen LogP contribution in [0.5, 0.6) is 0 Å². The summed E-state index contributed by atoms with van der Waals surface area (Å²) in [5, 5.41) is 3.04. The molecule has 2 heterocycles. The van der Waals surface area contributed by atoms with Crippen LogP contribution in [-0.2, 0) is 22.5 Å². The third-order valence-corrected chi connectivity index (χ3v) is 3.75. The maximum absolute atomic E-state index is 12.2. The highest BCUT2D eigenvalue weighted by Crippen LogP contribution is 2.29. The monoisotopic (exact) mass is 334 g/mol. The maximum atomic E-state index is 12.2. The van der Waals surface area contributed by atoms with Gasteiger partial charge in [-0.25, -0.2) is 9.78 Å². The van der Waals surface area contributed by atoms with Crippen LogP contribution in [0, 0.1) is 0 Å². The number of carbonyl (C=O) groups excluding carboxylic acids is 1. The van der Waals surface area contributed by atoms with Crippen LogP contribution in [0.1, 0.15) is 48.8 Å². The number of thiocarbonyl (C=S) groups is 1. The zero-order valence-corrected chi connectivity index (χ0v) is 14.6. The number of anilines is 1. The molecule has 0 amide bonds. The minimum Gasteiger partial charge on any atom is -0.462 e. The number of fused-ring (bicyclic) bond motifs is 1. The molecule has 1 aromatic rings. The zero-order valence-electron chi connectivity index (χ0n) is 13.8. The number of rotatable bonds is 5. The van der Waals surface area contributed by atoms with Gasteiger partial charge in [-0.05, 0) is 26.8 Å². The van der Waals surface area contributed by atoms with Crippen LogP contribution in [-0.4, -0.2) is 28.1 Å². The van der Waals surface area contributed by atoms with Crippen LogP contribution < -0.4 is 5.32 Å². The summed E-state index contributed by atoms with van der Waals surface area (Å²) in [6.45, 7) is 10.2. The van der Waals surface area contributed by atoms with Crippen molar-refractivity contribution in [3.63, 3.8) is 0 Å². The van der Waals surface area contributed by atoms with Gasteiger partial charge in [0.05, 0.1) is 29.5 Å². The minimum atomic E-state index is -0.420. The van der Waals surface area contributed by atoms with E-state index in [4.69, 9.17) is 21.7 Å². The largest absolute Gasteiger partial charge is 0.462 e. The first-order chi connectivity index (χ1) is 10.9. The number of nitrogens with one attached hydrogen (secondary N) is 1. The molecule has 1 aromatic heterocycles. The van der Waals surface area contributed by atoms with Gasteiger partial charge in [0.1, 0.15) is 11.4 Å². The summed E-state index contributed by atoms with van der Waals surface area (Å²) < 4.78 is 10.9. The number of aromatic nitrogens is 1. The van der Waals surface area contributed by atoms with E-state index in [1.165, 1.54) is 0 Å². The molecule has 124 valence electrons. The molecule has 2 rings (SSSR count). The van der Waals surface area contributed by atoms with Gasteiger partial charge < -0.3 is 14.8 Å². The van der Waals surface area contributed by atoms with Crippen LogP contribution in [0.4, 0.5) is 5.82 Å². The predicted molar refractivity (Wildman–Crippen MR) is 93.8 cm³/mol. The molecule has 0 saturated carbocycles. The molecule has 0 aliphatic carbocycles. The van der Waals surface area contributed by atoms with Crippen molar-refractivity contribution in [2.45, 2.75) is 45.8 Å². The lowest BCUT2D eigenvalue weighted by atomic mass is 9.95. The second-order valence-corrected chi connectivity index (χ2v) is 6.47. The third-order valence-electron chi connectivity index (χ3n) is 3.49. The molecule has 0 unspecified atom stereocenters. The van der Waals surface area contributed by atoms with Crippen molar-refractivity contribution < 1.29 is 14.3 Å². The molecule has 1 aliphatic heterocycles. The van der Waals surface area contributed by atoms with E-state index in [1.54, 1.807) is 19.1 Å². The van der Waals surface area contributed by atoms with Crippen molar-refractivity contribution in [2.24, 2.45) is 0 Å². The number of carbonyl (C=O) groups is 1. The quantitative estimate of drug-likeness (QED) is 0.506. The molecule has 1 N–H and O–H groups in total. The Morgan fingerprint density at radius 2 is 2.35 bits per heavy atom. The van der Waals surface area contributed by atoms with Crippen molar-refractivity contribution in [1.82, 2.24) is 4.98 Å². The Kier molecular flexibility index (Phi) is 5.49. The summed E-state index contributed by atoms with van der Waals surface area (Å²) in [6, 6.07) is 1.79. The van der Waals surface area contributed by atoms with E-state index >= 15 is 0 Å². The van der Waals surface area contributed by atoms with E-state index in [1.807, 2.05) is 13.8 Å². The molecular weight excluding hydrogens is 312 g/mol. The summed E-state index contributed by atoms with van der Waals surface area (Å²) in [7, 11) is 0. The van der Waals surface area contributed by atoms with Gasteiger partial charge in [0.2, 0.25) is 0 Å². The number of esters is 1. The van der Waals surface area contributed by atoms with Gasteiger partial charge in [0, 0.05) is 18.4 Å². The number of pyridine rings is 1. The SMILES string of the molecule is C=CCC(=S)Nc1nc2c(cc1C(=O)OCC)COC(C)(C)C2. The Balaban J connectivity index is 2.41. The van der Waals surface area contributed by atoms with Crippen molar-refractivity contribution in [3.05, 3.63) is 35.5 Å². The molecule has 6 heteroatoms. The van der Waals surface area contributed by atoms with Gasteiger partial charge in [-0.15, -0.1) is 6.58 Å². The van der Waals surface area contributed by atoms with Gasteiger partial charge in [0.15, 0.2) is 0 Å². The first-order valence-electron chi connectivity index (χ1n) is 7.61. The number of ether oxygens (including phenoxy) is 2. The summed E-state index contributed by atoms with van der Waals surface area (Å²) >= 11 is 5.25. The van der Waals surface area contributed by atoms with Gasteiger partial charge in [0.25, 0.3) is 0 Å². The molecule has 0 radical (unpaired) electrons. The Bertz CT molecular complexity index is 641. The van der Waals surface area contributed by atoms with E-state index in [2.05, 4.69) is 16.9 Å². The smallest absolute Gasteiger partial charge is 0.341 e. The lowest BCUT2D eigenvalue weighted by molar-refractivity contribution is -0.0412. The standard InChI is InChI=1S/C17H22N2O3S/c1-5-7-14(23)19-15-12(16(20)21-6-2)8-11-10-22-17(3,4)9-13(11)18-15/h5,8H,1,6-7,9-10H2,2-4H3,(H,18,19,23). The molecular formula is C17H22N2O3S. The Labute approximate surface area is 142 Å². The average molecular weight is 334 g/mol. The van der Waals surface area contributed by atoms with Crippen LogP contribution >= 0.6 is 12.2 Å². The zero-order chi connectivity index (χ0) is 17.0. The third kappa shape index (κ3) is 4.36. The number of hydrogen-bond donors (Lipinski definition) is 1. The highest BCUT2D eigenvalue weighted by atomic mass is 32.1. The van der Waals surface area contributed by atoms with E-state index in [0.29, 0.717) is 42.4 Å². The summed E-state index contributed by atoms with van der Waals surface area (Å²) in [4.78, 5) is 17.4. The van der Waals surface area contributed by atoms with E-state index < -0.39 is 5.97 Å². The van der Waals surface area contributed by atoms with Crippen molar-refractivity contribution in [2.75, 3.05) is 11.9 Å². The highest BCUT2D eigenvalue weighted by molar-refractivity contribution is 7.80. The highest BCUT2D eigenvalue weighted by Gasteiger charge is 2.29. The molecule has 0 fully saturated rings. The molecule has 0 atom stereocenters. The minimum absolute atomic E-state index is 0.273. The lowest BCUT2D eigenvalue weighted by Gasteiger charge is -2.31. The van der Waals surface area contributed by atoms with E-state index in [0.717, 1.165) is 11.3 Å². The fourth-order valence-corrected chi connectivity index (χ4v) is 2.59. The topological polar surface area (TPSA) is 60.5 Å². The van der Waals surface area contributed by atoms with Gasteiger partial charge in [-0.2, -0.15) is 0 Å².